The van der Waals surface area contributed by atoms with Crippen LogP contribution in [-0.4, -0.2) is 34.3 Å². The molecular formula is C31H27Cl3N2O3. The van der Waals surface area contributed by atoms with Crippen molar-refractivity contribution < 1.29 is 9.53 Å². The third kappa shape index (κ3) is 5.58. The summed E-state index contributed by atoms with van der Waals surface area (Å²) in [6.45, 7) is 6.49. The molecule has 0 spiro atoms. The molecule has 1 amide bonds. The lowest BCUT2D eigenvalue weighted by molar-refractivity contribution is 0.0270. The van der Waals surface area contributed by atoms with E-state index in [0.717, 1.165) is 27.6 Å². The van der Waals surface area contributed by atoms with E-state index in [0.29, 0.717) is 45.8 Å². The van der Waals surface area contributed by atoms with E-state index >= 15 is 0 Å². The predicted octanol–water partition coefficient (Wildman–Crippen LogP) is 8.64. The van der Waals surface area contributed by atoms with Crippen LogP contribution in [0.2, 0.25) is 15.1 Å². The molecule has 0 saturated carbocycles. The number of para-hydroxylation sites is 1. The van der Waals surface area contributed by atoms with Gasteiger partial charge in [-0.25, -0.2) is 4.79 Å². The Morgan fingerprint density at radius 1 is 0.872 bits per heavy atom. The summed E-state index contributed by atoms with van der Waals surface area (Å²) in [7, 11) is 0. The lowest BCUT2D eigenvalue weighted by Gasteiger charge is -2.30. The molecule has 5 rings (SSSR count). The summed E-state index contributed by atoms with van der Waals surface area (Å²) >= 11 is 19.8. The lowest BCUT2D eigenvalue weighted by atomic mass is 9.92. The number of pyridine rings is 1. The smallest absolute Gasteiger partial charge is 0.410 e. The first-order valence-electron chi connectivity index (χ1n) is 12.6. The molecule has 0 saturated heterocycles. The third-order valence-corrected chi connectivity index (χ3v) is 7.51. The molecule has 0 radical (unpaired) electrons. The van der Waals surface area contributed by atoms with E-state index in [2.05, 4.69) is 6.07 Å². The number of nitrogens with zero attached hydrogens (tertiary/aromatic N) is 2. The van der Waals surface area contributed by atoms with Gasteiger partial charge in [0.05, 0.1) is 21.2 Å². The molecule has 0 bridgehead atoms. The molecule has 3 aromatic carbocycles. The number of aromatic nitrogens is 1. The van der Waals surface area contributed by atoms with Crippen LogP contribution in [-0.2, 0) is 4.74 Å². The number of benzene rings is 3. The highest BCUT2D eigenvalue weighted by atomic mass is 35.5. The molecule has 2 heterocycles. The average molecular weight is 582 g/mol. The highest BCUT2D eigenvalue weighted by Crippen LogP contribution is 2.38. The molecule has 0 atom stereocenters. The fraction of sp³-hybridized carbons (Fsp3) is 0.226. The molecule has 4 aromatic rings. The number of rotatable bonds is 3. The lowest BCUT2D eigenvalue weighted by Crippen LogP contribution is -2.39. The summed E-state index contributed by atoms with van der Waals surface area (Å²) in [4.78, 5) is 27.6. The van der Waals surface area contributed by atoms with Gasteiger partial charge in [-0.3, -0.25) is 9.36 Å². The molecule has 0 aliphatic carbocycles. The number of carbonyl (C=O) groups excluding carboxylic acids is 1. The van der Waals surface area contributed by atoms with Crippen LogP contribution in [0.1, 0.15) is 32.8 Å². The summed E-state index contributed by atoms with van der Waals surface area (Å²) in [6.07, 6.45) is 2.31. The van der Waals surface area contributed by atoms with E-state index in [9.17, 15) is 9.59 Å². The van der Waals surface area contributed by atoms with Gasteiger partial charge in [0.25, 0.3) is 5.56 Å². The van der Waals surface area contributed by atoms with Crippen LogP contribution < -0.4 is 5.56 Å². The van der Waals surface area contributed by atoms with Crippen molar-refractivity contribution in [3.8, 4) is 16.8 Å². The average Bonchev–Trinajstić information content (AvgIpc) is 2.88. The Morgan fingerprint density at radius 2 is 1.56 bits per heavy atom. The second-order valence-electron chi connectivity index (χ2n) is 10.4. The molecule has 8 heteroatoms. The minimum absolute atomic E-state index is 0.256. The standard InChI is InChI=1S/C31H27Cl3N2O3/c1-31(2,3)39-30(38)35-15-13-19(14-16-35)20-17-23(21-7-4-5-8-24(21)32)22-11-12-28(37)36(27(22)18-20)29-25(33)9-6-10-26(29)34/h4-13,17-18H,14-16H2,1-3H3. The van der Waals surface area contributed by atoms with Gasteiger partial charge in [-0.2, -0.15) is 0 Å². The van der Waals surface area contributed by atoms with E-state index in [1.165, 1.54) is 6.07 Å². The normalized spacial score (nSPS) is 13.9. The molecular weight excluding hydrogens is 555 g/mol. The zero-order valence-corrected chi connectivity index (χ0v) is 24.1. The third-order valence-electron chi connectivity index (χ3n) is 6.57. The van der Waals surface area contributed by atoms with Crippen molar-refractivity contribution in [2.24, 2.45) is 0 Å². The summed E-state index contributed by atoms with van der Waals surface area (Å²) in [5, 5.41) is 2.16. The maximum Gasteiger partial charge on any atom is 0.410 e. The minimum Gasteiger partial charge on any atom is -0.444 e. The van der Waals surface area contributed by atoms with E-state index in [1.807, 2.05) is 57.2 Å². The van der Waals surface area contributed by atoms with Crippen molar-refractivity contribution in [2.45, 2.75) is 32.8 Å². The Morgan fingerprint density at radius 3 is 2.21 bits per heavy atom. The molecule has 200 valence electrons. The SMILES string of the molecule is CC(C)(C)OC(=O)N1CC=C(c2cc(-c3ccccc3Cl)c3ccc(=O)n(-c4c(Cl)cccc4Cl)c3c2)CC1. The van der Waals surface area contributed by atoms with Crippen molar-refractivity contribution >= 4 is 57.4 Å². The maximum absolute atomic E-state index is 13.3. The quantitative estimate of drug-likeness (QED) is 0.243. The number of amides is 1. The van der Waals surface area contributed by atoms with Crippen molar-refractivity contribution in [3.05, 3.63) is 104 Å². The van der Waals surface area contributed by atoms with Gasteiger partial charge in [-0.05, 0) is 80.3 Å². The second-order valence-corrected chi connectivity index (χ2v) is 11.6. The van der Waals surface area contributed by atoms with Gasteiger partial charge >= 0.3 is 6.09 Å². The van der Waals surface area contributed by atoms with Gasteiger partial charge in [-0.15, -0.1) is 0 Å². The van der Waals surface area contributed by atoms with Crippen LogP contribution in [0, 0.1) is 0 Å². The van der Waals surface area contributed by atoms with Crippen molar-refractivity contribution in [1.82, 2.24) is 9.47 Å². The zero-order chi connectivity index (χ0) is 27.9. The van der Waals surface area contributed by atoms with Gasteiger partial charge in [0.15, 0.2) is 0 Å². The van der Waals surface area contributed by atoms with Crippen molar-refractivity contribution in [3.63, 3.8) is 0 Å². The van der Waals surface area contributed by atoms with Crippen LogP contribution in [0.3, 0.4) is 0 Å². The Hall–Kier alpha value is -3.25. The van der Waals surface area contributed by atoms with E-state index < -0.39 is 5.60 Å². The zero-order valence-electron chi connectivity index (χ0n) is 21.8. The number of hydrogen-bond donors (Lipinski definition) is 0. The molecule has 5 nitrogen and oxygen atoms in total. The van der Waals surface area contributed by atoms with E-state index in [1.54, 1.807) is 33.7 Å². The van der Waals surface area contributed by atoms with Crippen LogP contribution in [0.4, 0.5) is 4.79 Å². The van der Waals surface area contributed by atoms with Gasteiger partial charge in [-0.1, -0.05) is 65.1 Å². The number of hydrogen-bond acceptors (Lipinski definition) is 3. The first-order chi connectivity index (χ1) is 18.5. The summed E-state index contributed by atoms with van der Waals surface area (Å²) in [6, 6.07) is 20.2. The predicted molar refractivity (Wildman–Crippen MR) is 160 cm³/mol. The Labute approximate surface area is 242 Å². The van der Waals surface area contributed by atoms with Gasteiger partial charge in [0.2, 0.25) is 0 Å². The molecule has 1 aromatic heterocycles. The van der Waals surface area contributed by atoms with Crippen LogP contribution in [0.25, 0.3) is 33.3 Å². The van der Waals surface area contributed by atoms with Crippen LogP contribution in [0.15, 0.2) is 77.6 Å². The summed E-state index contributed by atoms with van der Waals surface area (Å²) in [5.74, 6) is 0. The molecule has 0 unspecified atom stereocenters. The number of halogens is 3. The molecule has 0 N–H and O–H groups in total. The topological polar surface area (TPSA) is 51.5 Å². The van der Waals surface area contributed by atoms with Crippen LogP contribution in [0.5, 0.6) is 0 Å². The first kappa shape index (κ1) is 27.3. The minimum atomic E-state index is -0.563. The van der Waals surface area contributed by atoms with Gasteiger partial charge < -0.3 is 9.64 Å². The fourth-order valence-electron chi connectivity index (χ4n) is 4.79. The second kappa shape index (κ2) is 10.7. The Balaban J connectivity index is 1.71. The largest absolute Gasteiger partial charge is 0.444 e. The van der Waals surface area contributed by atoms with Crippen molar-refractivity contribution in [2.75, 3.05) is 13.1 Å². The highest BCUT2D eigenvalue weighted by molar-refractivity contribution is 6.38. The fourth-order valence-corrected chi connectivity index (χ4v) is 5.59. The number of carbonyl (C=O) groups is 1. The first-order valence-corrected chi connectivity index (χ1v) is 13.7. The van der Waals surface area contributed by atoms with Crippen LogP contribution >= 0.6 is 34.8 Å². The summed E-state index contributed by atoms with van der Waals surface area (Å²) < 4.78 is 7.10. The Kier molecular flexibility index (Phi) is 7.51. The molecule has 0 fully saturated rings. The van der Waals surface area contributed by atoms with E-state index in [4.69, 9.17) is 39.5 Å². The number of fused-ring (bicyclic) bond motifs is 1. The monoisotopic (exact) mass is 580 g/mol. The van der Waals surface area contributed by atoms with Gasteiger partial charge in [0.1, 0.15) is 5.60 Å². The highest BCUT2D eigenvalue weighted by Gasteiger charge is 2.25. The maximum atomic E-state index is 13.3. The van der Waals surface area contributed by atoms with Crippen molar-refractivity contribution in [1.29, 1.82) is 0 Å². The molecule has 1 aliphatic heterocycles. The van der Waals surface area contributed by atoms with Gasteiger partial charge in [0, 0.05) is 35.1 Å². The summed E-state index contributed by atoms with van der Waals surface area (Å²) in [5.41, 5.74) is 3.95. The Bertz CT molecular complexity index is 1670. The van der Waals surface area contributed by atoms with E-state index in [-0.39, 0.29) is 11.7 Å². The molecule has 1 aliphatic rings. The molecule has 39 heavy (non-hydrogen) atoms. The number of ether oxygens (including phenoxy) is 1.